The van der Waals surface area contributed by atoms with Gasteiger partial charge in [0.2, 0.25) is 11.8 Å². The number of ketones is 1. The molecule has 0 heterocycles. The van der Waals surface area contributed by atoms with Crippen molar-refractivity contribution in [1.29, 1.82) is 0 Å². The van der Waals surface area contributed by atoms with Crippen LogP contribution < -0.4 is 20.1 Å². The highest BCUT2D eigenvalue weighted by molar-refractivity contribution is 7.93. The fourth-order valence-electron chi connectivity index (χ4n) is 3.01. The molecule has 1 unspecified atom stereocenters. The molecule has 0 aliphatic heterocycles. The van der Waals surface area contributed by atoms with Crippen molar-refractivity contribution < 1.29 is 32.3 Å². The maximum Gasteiger partial charge on any atom is 0.242 e. The van der Waals surface area contributed by atoms with Gasteiger partial charge in [0.1, 0.15) is 11.0 Å². The second kappa shape index (κ2) is 10.8. The van der Waals surface area contributed by atoms with Crippen LogP contribution in [0.5, 0.6) is 11.5 Å². The minimum absolute atomic E-state index is 0.0106. The average molecular weight is 463 g/mol. The van der Waals surface area contributed by atoms with E-state index in [1.807, 2.05) is 0 Å². The van der Waals surface area contributed by atoms with Gasteiger partial charge in [-0.3, -0.25) is 14.4 Å². The summed E-state index contributed by atoms with van der Waals surface area (Å²) in [7, 11) is -1.19. The molecule has 0 saturated heterocycles. The molecule has 10 heteroatoms. The summed E-state index contributed by atoms with van der Waals surface area (Å²) >= 11 is 0. The van der Waals surface area contributed by atoms with Crippen LogP contribution in [0.1, 0.15) is 30.6 Å². The number of hydrogen-bond acceptors (Lipinski definition) is 7. The molecule has 172 valence electrons. The molecule has 0 aromatic heterocycles. The molecule has 0 fully saturated rings. The Labute approximate surface area is 187 Å². The summed E-state index contributed by atoms with van der Waals surface area (Å²) in [6, 6.07) is 10.7. The lowest BCUT2D eigenvalue weighted by atomic mass is 10.1. The molecule has 9 nitrogen and oxygen atoms in total. The molecule has 1 atom stereocenters. The minimum atomic E-state index is -4.10. The highest BCUT2D eigenvalue weighted by Crippen LogP contribution is 2.29. The average Bonchev–Trinajstić information content (AvgIpc) is 2.73. The van der Waals surface area contributed by atoms with E-state index < -0.39 is 32.7 Å². The molecule has 0 aliphatic carbocycles. The SMILES string of the molecule is CCC(C(=O)Nc1ccc(C(C)=O)cc1)S(=O)(=O)CC(=O)Nc1ccc(OC)c(OC)c1. The molecule has 2 aromatic carbocycles. The van der Waals surface area contributed by atoms with Gasteiger partial charge in [-0.1, -0.05) is 6.92 Å². The van der Waals surface area contributed by atoms with Gasteiger partial charge in [-0.2, -0.15) is 0 Å². The Kier molecular flexibility index (Phi) is 8.36. The van der Waals surface area contributed by atoms with Crippen molar-refractivity contribution in [2.45, 2.75) is 25.5 Å². The van der Waals surface area contributed by atoms with E-state index in [1.54, 1.807) is 19.1 Å². The van der Waals surface area contributed by atoms with Gasteiger partial charge in [-0.05, 0) is 49.7 Å². The van der Waals surface area contributed by atoms with Crippen LogP contribution in [0.3, 0.4) is 0 Å². The highest BCUT2D eigenvalue weighted by Gasteiger charge is 2.33. The Bertz CT molecular complexity index is 1100. The van der Waals surface area contributed by atoms with Gasteiger partial charge in [0.15, 0.2) is 27.1 Å². The van der Waals surface area contributed by atoms with E-state index in [4.69, 9.17) is 9.47 Å². The molecule has 0 spiro atoms. The molecule has 2 amide bonds. The van der Waals surface area contributed by atoms with Gasteiger partial charge in [-0.25, -0.2) is 8.42 Å². The van der Waals surface area contributed by atoms with Crippen LogP contribution in [-0.4, -0.2) is 51.2 Å². The molecule has 0 aliphatic rings. The highest BCUT2D eigenvalue weighted by atomic mass is 32.2. The number of benzene rings is 2. The molecule has 2 N–H and O–H groups in total. The number of sulfone groups is 1. The summed E-state index contributed by atoms with van der Waals surface area (Å²) in [5.41, 5.74) is 1.14. The third-order valence-electron chi connectivity index (χ3n) is 4.66. The molecule has 2 rings (SSSR count). The molecule has 0 radical (unpaired) electrons. The van der Waals surface area contributed by atoms with Crippen LogP contribution in [0.2, 0.25) is 0 Å². The van der Waals surface area contributed by atoms with Crippen LogP contribution in [-0.2, 0) is 19.4 Å². The van der Waals surface area contributed by atoms with Crippen molar-refractivity contribution >= 4 is 38.8 Å². The van der Waals surface area contributed by atoms with E-state index >= 15 is 0 Å². The smallest absolute Gasteiger partial charge is 0.242 e. The lowest BCUT2D eigenvalue weighted by Crippen LogP contribution is -2.39. The van der Waals surface area contributed by atoms with E-state index in [0.717, 1.165) is 0 Å². The van der Waals surface area contributed by atoms with Gasteiger partial charge in [0.05, 0.1) is 14.2 Å². The first-order valence-corrected chi connectivity index (χ1v) is 11.5. The topological polar surface area (TPSA) is 128 Å². The molecule has 32 heavy (non-hydrogen) atoms. The standard InChI is InChI=1S/C22H26N2O7S/c1-5-20(22(27)24-16-8-6-15(7-9-16)14(2)25)32(28,29)13-21(26)23-17-10-11-18(30-3)19(12-17)31-4/h6-12,20H,5,13H2,1-4H3,(H,23,26)(H,24,27). The van der Waals surface area contributed by atoms with Crippen molar-refractivity contribution in [1.82, 2.24) is 0 Å². The van der Waals surface area contributed by atoms with Crippen molar-refractivity contribution in [2.24, 2.45) is 0 Å². The van der Waals surface area contributed by atoms with Crippen LogP contribution in [0.4, 0.5) is 11.4 Å². The van der Waals surface area contributed by atoms with Crippen molar-refractivity contribution in [2.75, 3.05) is 30.6 Å². The van der Waals surface area contributed by atoms with Crippen LogP contribution in [0, 0.1) is 0 Å². The Hall–Kier alpha value is -3.40. The number of amides is 2. The summed E-state index contributed by atoms with van der Waals surface area (Å²) < 4.78 is 35.8. The number of hydrogen-bond donors (Lipinski definition) is 2. The first kappa shape index (κ1) is 24.9. The number of anilines is 2. The Morgan fingerprint density at radius 1 is 0.906 bits per heavy atom. The molecule has 2 aromatic rings. The number of carbonyl (C=O) groups excluding carboxylic acids is 3. The quantitative estimate of drug-likeness (QED) is 0.520. The van der Waals surface area contributed by atoms with Crippen molar-refractivity contribution in [3.63, 3.8) is 0 Å². The zero-order valence-corrected chi connectivity index (χ0v) is 19.1. The Morgan fingerprint density at radius 3 is 2.03 bits per heavy atom. The van der Waals surface area contributed by atoms with Gasteiger partial charge in [-0.15, -0.1) is 0 Å². The van der Waals surface area contributed by atoms with E-state index in [-0.39, 0.29) is 12.2 Å². The van der Waals surface area contributed by atoms with Gasteiger partial charge in [0.25, 0.3) is 0 Å². The molecular formula is C22H26N2O7S. The molecule has 0 bridgehead atoms. The second-order valence-corrected chi connectivity index (χ2v) is 9.13. The van der Waals surface area contributed by atoms with Crippen LogP contribution in [0.25, 0.3) is 0 Å². The third kappa shape index (κ3) is 6.30. The predicted molar refractivity (Wildman–Crippen MR) is 121 cm³/mol. The number of ether oxygens (including phenoxy) is 2. The van der Waals surface area contributed by atoms with Crippen LogP contribution in [0.15, 0.2) is 42.5 Å². The maximum absolute atomic E-state index is 12.8. The lowest BCUT2D eigenvalue weighted by molar-refractivity contribution is -0.115. The normalized spacial score (nSPS) is 11.9. The number of Topliss-reactive ketones (excluding diaryl/α,β-unsaturated/α-hetero) is 1. The Balaban J connectivity index is 2.08. The summed E-state index contributed by atoms with van der Waals surface area (Å²) in [5, 5.41) is 3.60. The number of rotatable bonds is 10. The summed E-state index contributed by atoms with van der Waals surface area (Å²) in [4.78, 5) is 36.3. The fraction of sp³-hybridized carbons (Fsp3) is 0.318. The largest absolute Gasteiger partial charge is 0.493 e. The lowest BCUT2D eigenvalue weighted by Gasteiger charge is -2.16. The van der Waals surface area contributed by atoms with Gasteiger partial charge >= 0.3 is 0 Å². The fourth-order valence-corrected chi connectivity index (χ4v) is 4.54. The van der Waals surface area contributed by atoms with E-state index in [2.05, 4.69) is 10.6 Å². The van der Waals surface area contributed by atoms with Gasteiger partial charge in [0, 0.05) is 23.0 Å². The molecular weight excluding hydrogens is 436 g/mol. The van der Waals surface area contributed by atoms with Crippen molar-refractivity contribution in [3.05, 3.63) is 48.0 Å². The van der Waals surface area contributed by atoms with Gasteiger partial charge < -0.3 is 20.1 Å². The van der Waals surface area contributed by atoms with Crippen molar-refractivity contribution in [3.8, 4) is 11.5 Å². The zero-order chi connectivity index (χ0) is 23.9. The van der Waals surface area contributed by atoms with E-state index in [0.29, 0.717) is 28.4 Å². The monoisotopic (exact) mass is 462 g/mol. The Morgan fingerprint density at radius 2 is 1.50 bits per heavy atom. The number of nitrogens with one attached hydrogen (secondary N) is 2. The zero-order valence-electron chi connectivity index (χ0n) is 18.3. The maximum atomic E-state index is 12.8. The predicted octanol–water partition coefficient (Wildman–Crippen LogP) is 2.68. The first-order valence-electron chi connectivity index (χ1n) is 9.76. The first-order chi connectivity index (χ1) is 15.1. The number of carbonyl (C=O) groups is 3. The molecule has 0 saturated carbocycles. The summed E-state index contributed by atoms with van der Waals surface area (Å²) in [5.74, 6) is -1.70. The van der Waals surface area contributed by atoms with Crippen LogP contribution >= 0.6 is 0 Å². The second-order valence-electron chi connectivity index (χ2n) is 6.94. The summed E-state index contributed by atoms with van der Waals surface area (Å²) in [6.45, 7) is 2.97. The minimum Gasteiger partial charge on any atom is -0.493 e. The van der Waals surface area contributed by atoms with E-state index in [9.17, 15) is 22.8 Å². The summed E-state index contributed by atoms with van der Waals surface area (Å²) in [6.07, 6.45) is -0.0106. The van der Waals surface area contributed by atoms with E-state index in [1.165, 1.54) is 51.5 Å². The third-order valence-corrected chi connectivity index (χ3v) is 6.73. The number of methoxy groups -OCH3 is 2.